The minimum atomic E-state index is -0.254. The highest BCUT2D eigenvalue weighted by Crippen LogP contribution is 2.25. The van der Waals surface area contributed by atoms with Gasteiger partial charge in [0.2, 0.25) is 0 Å². The summed E-state index contributed by atoms with van der Waals surface area (Å²) in [6.45, 7) is 1.84. The number of carbonyl (C=O) groups excluding carboxylic acids is 1. The summed E-state index contributed by atoms with van der Waals surface area (Å²) in [6, 6.07) is 1.31. The maximum Gasteiger partial charge on any atom is 0.268 e. The monoisotopic (exact) mass is 286 g/mol. The van der Waals surface area contributed by atoms with Crippen LogP contribution in [-0.4, -0.2) is 20.4 Å². The summed E-state index contributed by atoms with van der Waals surface area (Å²) >= 11 is 11.8. The largest absolute Gasteiger partial charge is 0.347 e. The minimum Gasteiger partial charge on any atom is -0.347 e. The van der Waals surface area contributed by atoms with E-state index in [4.69, 9.17) is 23.2 Å². The second-order valence-corrected chi connectivity index (χ2v) is 4.66. The molecule has 0 aliphatic heterocycles. The van der Waals surface area contributed by atoms with Crippen molar-refractivity contribution in [3.8, 4) is 0 Å². The van der Waals surface area contributed by atoms with Gasteiger partial charge in [-0.05, 0) is 13.0 Å². The molecule has 1 unspecified atom stereocenters. The lowest BCUT2D eigenvalue weighted by molar-refractivity contribution is 0.0930. The van der Waals surface area contributed by atoms with Crippen LogP contribution in [0.3, 0.4) is 0 Å². The van der Waals surface area contributed by atoms with E-state index in [0.717, 1.165) is 0 Å². The van der Waals surface area contributed by atoms with Gasteiger partial charge in [0, 0.05) is 19.4 Å². The number of carbonyl (C=O) groups is 1. The first kappa shape index (κ1) is 13.0. The molecule has 0 radical (unpaired) electrons. The molecule has 96 valence electrons. The molecule has 2 N–H and O–H groups in total. The zero-order valence-corrected chi connectivity index (χ0v) is 11.4. The van der Waals surface area contributed by atoms with Gasteiger partial charge in [0.15, 0.2) is 0 Å². The molecule has 0 aromatic carbocycles. The number of aromatic nitrogens is 3. The van der Waals surface area contributed by atoms with Crippen LogP contribution in [0.25, 0.3) is 0 Å². The fourth-order valence-corrected chi connectivity index (χ4v) is 1.99. The third-order valence-corrected chi connectivity index (χ3v) is 3.47. The number of amides is 1. The van der Waals surface area contributed by atoms with Gasteiger partial charge in [-0.1, -0.05) is 23.2 Å². The van der Waals surface area contributed by atoms with Gasteiger partial charge >= 0.3 is 0 Å². The van der Waals surface area contributed by atoms with Gasteiger partial charge in [0.25, 0.3) is 5.91 Å². The number of hydrogen-bond donors (Lipinski definition) is 2. The fourth-order valence-electron chi connectivity index (χ4n) is 1.61. The van der Waals surface area contributed by atoms with Crippen molar-refractivity contribution < 1.29 is 4.79 Å². The van der Waals surface area contributed by atoms with Crippen molar-refractivity contribution in [2.24, 2.45) is 7.05 Å². The van der Waals surface area contributed by atoms with E-state index in [1.807, 2.05) is 6.92 Å². The van der Waals surface area contributed by atoms with E-state index >= 15 is 0 Å². The van der Waals surface area contributed by atoms with Gasteiger partial charge in [0.05, 0.1) is 11.1 Å². The summed E-state index contributed by atoms with van der Waals surface area (Å²) in [4.78, 5) is 19.1. The molecule has 2 aromatic heterocycles. The summed E-state index contributed by atoms with van der Waals surface area (Å²) in [7, 11) is 1.68. The fraction of sp³-hybridized carbons (Fsp3) is 0.273. The first-order valence-corrected chi connectivity index (χ1v) is 6.07. The van der Waals surface area contributed by atoms with Crippen LogP contribution in [0.15, 0.2) is 18.5 Å². The standard InChI is InChI=1S/C11H12Cl2N4O/c1-6(10-14-3-4-15-10)16-11(18)8-5-7(12)9(13)17(8)2/h3-6H,1-2H3,(H,14,15)(H,16,18). The number of imidazole rings is 1. The zero-order chi connectivity index (χ0) is 13.3. The molecule has 0 spiro atoms. The van der Waals surface area contributed by atoms with E-state index in [2.05, 4.69) is 15.3 Å². The highest BCUT2D eigenvalue weighted by molar-refractivity contribution is 6.41. The summed E-state index contributed by atoms with van der Waals surface area (Å²) in [5.74, 6) is 0.435. The van der Waals surface area contributed by atoms with E-state index in [1.165, 1.54) is 10.6 Å². The normalized spacial score (nSPS) is 12.4. The van der Waals surface area contributed by atoms with Crippen molar-refractivity contribution in [3.63, 3.8) is 0 Å². The molecule has 5 nitrogen and oxygen atoms in total. The maximum absolute atomic E-state index is 12.0. The molecule has 2 aromatic rings. The van der Waals surface area contributed by atoms with Gasteiger partial charge in [0.1, 0.15) is 16.7 Å². The Morgan fingerprint density at radius 3 is 2.78 bits per heavy atom. The van der Waals surface area contributed by atoms with Crippen LogP contribution < -0.4 is 5.32 Å². The summed E-state index contributed by atoms with van der Waals surface area (Å²) in [5, 5.41) is 3.51. The van der Waals surface area contributed by atoms with Gasteiger partial charge in [-0.25, -0.2) is 4.98 Å². The average Bonchev–Trinajstić information content (AvgIpc) is 2.94. The third kappa shape index (κ3) is 2.37. The second kappa shape index (κ2) is 5.04. The lowest BCUT2D eigenvalue weighted by atomic mass is 10.3. The number of nitrogens with zero attached hydrogens (tertiary/aromatic N) is 2. The molecule has 18 heavy (non-hydrogen) atoms. The van der Waals surface area contributed by atoms with Crippen LogP contribution in [0.2, 0.25) is 10.2 Å². The zero-order valence-electron chi connectivity index (χ0n) is 9.87. The smallest absolute Gasteiger partial charge is 0.268 e. The average molecular weight is 287 g/mol. The molecule has 2 rings (SSSR count). The number of halogens is 2. The highest BCUT2D eigenvalue weighted by atomic mass is 35.5. The molecule has 0 aliphatic rings. The molecule has 0 saturated heterocycles. The Bertz CT molecular complexity index is 562. The molecule has 1 atom stereocenters. The van der Waals surface area contributed by atoms with Crippen LogP contribution in [0.1, 0.15) is 29.3 Å². The molecule has 1 amide bonds. The summed E-state index contributed by atoms with van der Waals surface area (Å²) < 4.78 is 1.54. The Balaban J connectivity index is 2.15. The van der Waals surface area contributed by atoms with Gasteiger partial charge in [-0.3, -0.25) is 4.79 Å². The molecule has 0 saturated carbocycles. The molecule has 0 aliphatic carbocycles. The number of rotatable bonds is 3. The van der Waals surface area contributed by atoms with E-state index < -0.39 is 0 Å². The molecule has 2 heterocycles. The van der Waals surface area contributed by atoms with Gasteiger partial charge in [-0.15, -0.1) is 0 Å². The molecular weight excluding hydrogens is 275 g/mol. The van der Waals surface area contributed by atoms with Crippen LogP contribution in [0.5, 0.6) is 0 Å². The first-order valence-electron chi connectivity index (χ1n) is 5.31. The Hall–Kier alpha value is -1.46. The van der Waals surface area contributed by atoms with Crippen molar-refractivity contribution in [1.29, 1.82) is 0 Å². The van der Waals surface area contributed by atoms with Crippen molar-refractivity contribution in [2.45, 2.75) is 13.0 Å². The Morgan fingerprint density at radius 2 is 2.28 bits per heavy atom. The topological polar surface area (TPSA) is 62.7 Å². The van der Waals surface area contributed by atoms with E-state index in [-0.39, 0.29) is 11.9 Å². The van der Waals surface area contributed by atoms with E-state index in [1.54, 1.807) is 19.4 Å². The molecule has 0 fully saturated rings. The van der Waals surface area contributed by atoms with Crippen LogP contribution in [0, 0.1) is 0 Å². The molecule has 0 bridgehead atoms. The summed E-state index contributed by atoms with van der Waals surface area (Å²) in [6.07, 6.45) is 3.34. The predicted octanol–water partition coefficient (Wildman–Crippen LogP) is 2.55. The van der Waals surface area contributed by atoms with Crippen molar-refractivity contribution in [2.75, 3.05) is 0 Å². The van der Waals surface area contributed by atoms with Crippen LogP contribution in [0.4, 0.5) is 0 Å². The number of nitrogens with one attached hydrogen (secondary N) is 2. The van der Waals surface area contributed by atoms with Gasteiger partial charge in [-0.2, -0.15) is 0 Å². The lowest BCUT2D eigenvalue weighted by Gasteiger charge is -2.11. The maximum atomic E-state index is 12.0. The SMILES string of the molecule is CC(NC(=O)c1cc(Cl)c(Cl)n1C)c1ncc[nH]1. The highest BCUT2D eigenvalue weighted by Gasteiger charge is 2.18. The lowest BCUT2D eigenvalue weighted by Crippen LogP contribution is -2.28. The van der Waals surface area contributed by atoms with E-state index in [9.17, 15) is 4.79 Å². The Labute approximate surface area is 114 Å². The van der Waals surface area contributed by atoms with E-state index in [0.29, 0.717) is 21.7 Å². The first-order chi connectivity index (χ1) is 8.50. The number of aromatic amines is 1. The number of H-pyrrole nitrogens is 1. The Kier molecular flexibility index (Phi) is 3.63. The van der Waals surface area contributed by atoms with Crippen molar-refractivity contribution in [3.05, 3.63) is 40.2 Å². The Morgan fingerprint density at radius 1 is 1.56 bits per heavy atom. The second-order valence-electron chi connectivity index (χ2n) is 3.90. The van der Waals surface area contributed by atoms with Gasteiger partial charge < -0.3 is 14.9 Å². The molecule has 7 heteroatoms. The van der Waals surface area contributed by atoms with Crippen molar-refractivity contribution in [1.82, 2.24) is 19.9 Å². The molecular formula is C11H12Cl2N4O. The quantitative estimate of drug-likeness (QED) is 0.911. The minimum absolute atomic E-state index is 0.222. The predicted molar refractivity (Wildman–Crippen MR) is 69.9 cm³/mol. The number of hydrogen-bond acceptors (Lipinski definition) is 2. The third-order valence-electron chi connectivity index (χ3n) is 2.63. The summed E-state index contributed by atoms with van der Waals surface area (Å²) in [5.41, 5.74) is 0.406. The van der Waals surface area contributed by atoms with Crippen LogP contribution >= 0.6 is 23.2 Å². The van der Waals surface area contributed by atoms with Crippen molar-refractivity contribution >= 4 is 29.1 Å². The van der Waals surface area contributed by atoms with Crippen LogP contribution in [-0.2, 0) is 7.05 Å².